The zero-order chi connectivity index (χ0) is 10.3. The van der Waals surface area contributed by atoms with E-state index in [0.717, 1.165) is 34.0 Å². The Bertz CT molecular complexity index is 424. The van der Waals surface area contributed by atoms with Crippen molar-refractivity contribution in [3.05, 3.63) is 22.6 Å². The fraction of sp³-hybridized carbons (Fsp3) is 0.400. The molecule has 0 unspecified atom stereocenters. The summed E-state index contributed by atoms with van der Waals surface area (Å²) in [4.78, 5) is 0. The lowest BCUT2D eigenvalue weighted by Crippen LogP contribution is -1.84. The van der Waals surface area contributed by atoms with Crippen LogP contribution in [0.15, 0.2) is 9.05 Å². The number of aromatic nitrogens is 2. The molecule has 0 aliphatic carbocycles. The number of hydrogen-bond donors (Lipinski definition) is 0. The molecule has 4 nitrogen and oxygen atoms in total. The predicted molar refractivity (Wildman–Crippen MR) is 50.9 cm³/mol. The van der Waals surface area contributed by atoms with E-state index in [0.29, 0.717) is 0 Å². The first-order valence-electron chi connectivity index (χ1n) is 4.47. The molecule has 0 saturated carbocycles. The van der Waals surface area contributed by atoms with Crippen LogP contribution in [-0.4, -0.2) is 10.3 Å². The molecule has 0 N–H and O–H groups in total. The van der Waals surface area contributed by atoms with Crippen LogP contribution in [-0.2, 0) is 0 Å². The average molecular weight is 192 g/mol. The first-order valence-corrected chi connectivity index (χ1v) is 4.47. The van der Waals surface area contributed by atoms with Crippen LogP contribution in [0.3, 0.4) is 0 Å². The van der Waals surface area contributed by atoms with Gasteiger partial charge in [0, 0.05) is 11.1 Å². The second-order valence-electron chi connectivity index (χ2n) is 3.42. The summed E-state index contributed by atoms with van der Waals surface area (Å²) in [6.45, 7) is 7.69. The number of rotatable bonds is 1. The second kappa shape index (κ2) is 2.97. The summed E-state index contributed by atoms with van der Waals surface area (Å²) in [6.07, 6.45) is 0. The summed E-state index contributed by atoms with van der Waals surface area (Å²) < 4.78 is 10.2. The zero-order valence-corrected chi connectivity index (χ0v) is 8.71. The predicted octanol–water partition coefficient (Wildman–Crippen LogP) is 2.56. The maximum absolute atomic E-state index is 5.08. The third kappa shape index (κ3) is 1.14. The Kier molecular flexibility index (Phi) is 1.91. The molecule has 74 valence electrons. The van der Waals surface area contributed by atoms with E-state index in [1.165, 1.54) is 0 Å². The molecule has 0 saturated heterocycles. The minimum absolute atomic E-state index is 0.775. The highest BCUT2D eigenvalue weighted by molar-refractivity contribution is 5.62. The van der Waals surface area contributed by atoms with Gasteiger partial charge in [-0.05, 0) is 27.7 Å². The van der Waals surface area contributed by atoms with Gasteiger partial charge in [-0.3, -0.25) is 0 Å². The van der Waals surface area contributed by atoms with E-state index in [1.807, 2.05) is 27.7 Å². The topological polar surface area (TPSA) is 52.1 Å². The van der Waals surface area contributed by atoms with Crippen LogP contribution < -0.4 is 0 Å². The van der Waals surface area contributed by atoms with Crippen LogP contribution in [0.25, 0.3) is 11.4 Å². The largest absolute Gasteiger partial charge is 0.361 e. The van der Waals surface area contributed by atoms with Crippen LogP contribution in [0.5, 0.6) is 0 Å². The number of hydrogen-bond acceptors (Lipinski definition) is 4. The van der Waals surface area contributed by atoms with Gasteiger partial charge in [0.2, 0.25) is 0 Å². The van der Waals surface area contributed by atoms with Crippen molar-refractivity contribution in [3.63, 3.8) is 0 Å². The van der Waals surface area contributed by atoms with Crippen molar-refractivity contribution in [1.82, 2.24) is 10.3 Å². The summed E-state index contributed by atoms with van der Waals surface area (Å²) in [5, 5.41) is 7.92. The van der Waals surface area contributed by atoms with Crippen molar-refractivity contribution in [2.75, 3.05) is 0 Å². The normalized spacial score (nSPS) is 10.9. The van der Waals surface area contributed by atoms with Crippen molar-refractivity contribution in [3.8, 4) is 11.4 Å². The van der Waals surface area contributed by atoms with Gasteiger partial charge in [0.15, 0.2) is 0 Å². The van der Waals surface area contributed by atoms with Gasteiger partial charge in [0.25, 0.3) is 0 Å². The highest BCUT2D eigenvalue weighted by atomic mass is 16.5. The lowest BCUT2D eigenvalue weighted by atomic mass is 10.1. The maximum Gasteiger partial charge on any atom is 0.139 e. The molecule has 2 aromatic rings. The third-order valence-corrected chi connectivity index (χ3v) is 2.54. The first-order chi connectivity index (χ1) is 6.61. The Labute approximate surface area is 81.9 Å². The van der Waals surface area contributed by atoms with Crippen LogP contribution in [0.2, 0.25) is 0 Å². The van der Waals surface area contributed by atoms with Gasteiger partial charge in [-0.25, -0.2) is 0 Å². The van der Waals surface area contributed by atoms with Crippen molar-refractivity contribution >= 4 is 0 Å². The fourth-order valence-corrected chi connectivity index (χ4v) is 1.28. The molecular weight excluding hydrogens is 180 g/mol. The van der Waals surface area contributed by atoms with Gasteiger partial charge in [-0.2, -0.15) is 0 Å². The lowest BCUT2D eigenvalue weighted by molar-refractivity contribution is 0.390. The van der Waals surface area contributed by atoms with Crippen molar-refractivity contribution in [2.45, 2.75) is 27.7 Å². The molecule has 0 radical (unpaired) electrons. The molecule has 0 aliphatic rings. The Balaban J connectivity index is 2.60. The molecule has 4 heteroatoms. The summed E-state index contributed by atoms with van der Waals surface area (Å²) in [5.41, 5.74) is 3.58. The van der Waals surface area contributed by atoms with Gasteiger partial charge in [0.1, 0.15) is 22.9 Å². The van der Waals surface area contributed by atoms with E-state index in [4.69, 9.17) is 9.05 Å². The Morgan fingerprint density at radius 2 is 1.07 bits per heavy atom. The van der Waals surface area contributed by atoms with Crippen LogP contribution in [0.4, 0.5) is 0 Å². The molecule has 0 amide bonds. The van der Waals surface area contributed by atoms with E-state index in [9.17, 15) is 0 Å². The van der Waals surface area contributed by atoms with E-state index < -0.39 is 0 Å². The highest BCUT2D eigenvalue weighted by Crippen LogP contribution is 2.27. The fourth-order valence-electron chi connectivity index (χ4n) is 1.28. The van der Waals surface area contributed by atoms with E-state index >= 15 is 0 Å². The summed E-state index contributed by atoms with van der Waals surface area (Å²) in [7, 11) is 0. The van der Waals surface area contributed by atoms with Crippen molar-refractivity contribution in [2.24, 2.45) is 0 Å². The smallest absolute Gasteiger partial charge is 0.139 e. The molecule has 2 rings (SSSR count). The first kappa shape index (κ1) is 8.99. The number of nitrogens with zero attached hydrogens (tertiary/aromatic N) is 2. The molecule has 14 heavy (non-hydrogen) atoms. The molecule has 0 atom stereocenters. The lowest BCUT2D eigenvalue weighted by Gasteiger charge is -1.91. The van der Waals surface area contributed by atoms with Gasteiger partial charge >= 0.3 is 0 Å². The molecule has 0 fully saturated rings. The van der Waals surface area contributed by atoms with Crippen LogP contribution >= 0.6 is 0 Å². The highest BCUT2D eigenvalue weighted by Gasteiger charge is 2.17. The van der Waals surface area contributed by atoms with E-state index in [1.54, 1.807) is 0 Å². The minimum Gasteiger partial charge on any atom is -0.361 e. The third-order valence-electron chi connectivity index (χ3n) is 2.54. The Hall–Kier alpha value is -1.58. The molecule has 0 aromatic carbocycles. The monoisotopic (exact) mass is 192 g/mol. The molecule has 2 heterocycles. The van der Waals surface area contributed by atoms with E-state index in [-0.39, 0.29) is 0 Å². The van der Waals surface area contributed by atoms with Crippen LogP contribution in [0.1, 0.15) is 22.6 Å². The molecule has 0 spiro atoms. The standard InChI is InChI=1S/C10H12N2O2/c1-5-7(3)13-11-9(5)10-6(2)8(4)14-12-10/h1-4H3. The van der Waals surface area contributed by atoms with Gasteiger partial charge in [0.05, 0.1) is 0 Å². The molecule has 0 aliphatic heterocycles. The van der Waals surface area contributed by atoms with Crippen LogP contribution in [0, 0.1) is 27.7 Å². The maximum atomic E-state index is 5.08. The minimum atomic E-state index is 0.775. The molecule has 2 aromatic heterocycles. The van der Waals surface area contributed by atoms with Gasteiger partial charge < -0.3 is 9.05 Å². The Morgan fingerprint density at radius 1 is 0.714 bits per heavy atom. The summed E-state index contributed by atoms with van der Waals surface area (Å²) in [6, 6.07) is 0. The Morgan fingerprint density at radius 3 is 1.29 bits per heavy atom. The second-order valence-corrected chi connectivity index (χ2v) is 3.42. The summed E-state index contributed by atoms with van der Waals surface area (Å²) in [5.74, 6) is 1.64. The van der Waals surface area contributed by atoms with Gasteiger partial charge in [-0.15, -0.1) is 0 Å². The SMILES string of the molecule is Cc1onc(-c2noc(C)c2C)c1C. The average Bonchev–Trinajstić information content (AvgIpc) is 2.63. The molecular formula is C10H12N2O2. The van der Waals surface area contributed by atoms with Crippen molar-refractivity contribution < 1.29 is 9.05 Å². The zero-order valence-electron chi connectivity index (χ0n) is 8.71. The summed E-state index contributed by atoms with van der Waals surface area (Å²) >= 11 is 0. The van der Waals surface area contributed by atoms with Crippen molar-refractivity contribution in [1.29, 1.82) is 0 Å². The number of aryl methyl sites for hydroxylation is 2. The molecule has 0 bridgehead atoms. The van der Waals surface area contributed by atoms with E-state index in [2.05, 4.69) is 10.3 Å². The quantitative estimate of drug-likeness (QED) is 0.696. The van der Waals surface area contributed by atoms with Gasteiger partial charge in [-0.1, -0.05) is 10.3 Å².